The molecule has 4 heteroatoms. The third-order valence-electron chi connectivity index (χ3n) is 1.84. The Kier molecular flexibility index (Phi) is 5.36. The van der Waals surface area contributed by atoms with Gasteiger partial charge in [0.05, 0.1) is 7.11 Å². The van der Waals surface area contributed by atoms with Gasteiger partial charge in [-0.2, -0.15) is 0 Å². The predicted octanol–water partition coefficient (Wildman–Crippen LogP) is 2.90. The molecule has 0 saturated heterocycles. The summed E-state index contributed by atoms with van der Waals surface area (Å²) in [5.41, 5.74) is 0.822. The molecule has 82 valence electrons. The molecule has 0 atom stereocenters. The zero-order valence-corrected chi connectivity index (χ0v) is 10.5. The van der Waals surface area contributed by atoms with E-state index in [-0.39, 0.29) is 0 Å². The third-order valence-corrected chi connectivity index (χ3v) is 2.28. The van der Waals surface area contributed by atoms with Crippen molar-refractivity contribution in [2.24, 2.45) is 0 Å². The van der Waals surface area contributed by atoms with Gasteiger partial charge in [0.2, 0.25) is 0 Å². The molecule has 1 aromatic heterocycles. The van der Waals surface area contributed by atoms with Crippen molar-refractivity contribution in [3.63, 3.8) is 0 Å². The summed E-state index contributed by atoms with van der Waals surface area (Å²) in [5, 5.41) is 0. The molecule has 0 unspecified atom stereocenters. The van der Waals surface area contributed by atoms with Crippen molar-refractivity contribution < 1.29 is 9.47 Å². The van der Waals surface area contributed by atoms with Crippen LogP contribution in [0.2, 0.25) is 0 Å². The van der Waals surface area contributed by atoms with E-state index in [2.05, 4.69) is 20.9 Å². The molecule has 0 bridgehead atoms. The third kappa shape index (κ3) is 4.01. The molecule has 0 spiro atoms. The van der Waals surface area contributed by atoms with Crippen molar-refractivity contribution in [2.75, 3.05) is 20.8 Å². The zero-order chi connectivity index (χ0) is 11.1. The van der Waals surface area contributed by atoms with Gasteiger partial charge in [-0.15, -0.1) is 0 Å². The van der Waals surface area contributed by atoms with Crippen LogP contribution in [0.25, 0.3) is 6.08 Å². The number of ether oxygens (including phenoxy) is 2. The quantitative estimate of drug-likeness (QED) is 0.610. The van der Waals surface area contributed by atoms with Gasteiger partial charge in [0.1, 0.15) is 16.0 Å². The fraction of sp³-hybridized carbons (Fsp3) is 0.364. The number of aromatic nitrogens is 1. The lowest BCUT2D eigenvalue weighted by Crippen LogP contribution is -1.91. The lowest BCUT2D eigenvalue weighted by molar-refractivity contribution is 0.204. The van der Waals surface area contributed by atoms with Gasteiger partial charge in [0.25, 0.3) is 0 Å². The first-order valence-electron chi connectivity index (χ1n) is 4.64. The van der Waals surface area contributed by atoms with Crippen molar-refractivity contribution in [2.45, 2.75) is 6.42 Å². The Morgan fingerprint density at radius 3 is 2.87 bits per heavy atom. The Balaban J connectivity index is 2.73. The van der Waals surface area contributed by atoms with E-state index in [1.54, 1.807) is 14.2 Å². The van der Waals surface area contributed by atoms with Crippen molar-refractivity contribution in [3.05, 3.63) is 28.5 Å². The molecule has 1 aromatic rings. The topological polar surface area (TPSA) is 31.4 Å². The van der Waals surface area contributed by atoms with Crippen LogP contribution in [0.3, 0.4) is 0 Å². The Labute approximate surface area is 98.2 Å². The van der Waals surface area contributed by atoms with E-state index in [9.17, 15) is 0 Å². The van der Waals surface area contributed by atoms with Crippen LogP contribution < -0.4 is 4.74 Å². The van der Waals surface area contributed by atoms with Crippen molar-refractivity contribution >= 4 is 22.0 Å². The SMILES string of the molecule is COCC/C=C/c1nc(Br)ccc1OC. The summed E-state index contributed by atoms with van der Waals surface area (Å²) in [6.45, 7) is 0.715. The molecule has 0 aromatic carbocycles. The molecule has 0 aliphatic rings. The zero-order valence-electron chi connectivity index (χ0n) is 8.87. The van der Waals surface area contributed by atoms with Crippen LogP contribution in [0, 0.1) is 0 Å². The molecule has 0 radical (unpaired) electrons. The summed E-state index contributed by atoms with van der Waals surface area (Å²) >= 11 is 3.32. The van der Waals surface area contributed by atoms with Crippen LogP contribution in [0.5, 0.6) is 5.75 Å². The maximum absolute atomic E-state index is 5.19. The average Bonchev–Trinajstić information content (AvgIpc) is 2.25. The highest BCUT2D eigenvalue weighted by atomic mass is 79.9. The molecule has 0 amide bonds. The van der Waals surface area contributed by atoms with Crippen molar-refractivity contribution in [1.82, 2.24) is 4.98 Å². The van der Waals surface area contributed by atoms with E-state index in [1.807, 2.05) is 24.3 Å². The number of pyridine rings is 1. The molecular formula is C11H14BrNO2. The first-order valence-corrected chi connectivity index (χ1v) is 5.43. The second kappa shape index (κ2) is 6.58. The minimum Gasteiger partial charge on any atom is -0.494 e. The summed E-state index contributed by atoms with van der Waals surface area (Å²) in [4.78, 5) is 4.31. The maximum Gasteiger partial charge on any atom is 0.144 e. The Morgan fingerprint density at radius 1 is 1.40 bits per heavy atom. The molecule has 15 heavy (non-hydrogen) atoms. The number of rotatable bonds is 5. The fourth-order valence-corrected chi connectivity index (χ4v) is 1.43. The highest BCUT2D eigenvalue weighted by Crippen LogP contribution is 2.20. The smallest absolute Gasteiger partial charge is 0.144 e. The second-order valence-electron chi connectivity index (χ2n) is 2.91. The van der Waals surface area contributed by atoms with Crippen LogP contribution in [0.1, 0.15) is 12.1 Å². The molecule has 1 heterocycles. The largest absolute Gasteiger partial charge is 0.494 e. The van der Waals surface area contributed by atoms with Crippen LogP contribution in [0.4, 0.5) is 0 Å². The number of methoxy groups -OCH3 is 2. The van der Waals surface area contributed by atoms with Crippen molar-refractivity contribution in [3.8, 4) is 5.75 Å². The number of nitrogens with zero attached hydrogens (tertiary/aromatic N) is 1. The lowest BCUT2D eigenvalue weighted by Gasteiger charge is -2.03. The first-order chi connectivity index (χ1) is 7.27. The van der Waals surface area contributed by atoms with E-state index in [0.717, 1.165) is 22.5 Å². The summed E-state index contributed by atoms with van der Waals surface area (Å²) in [6, 6.07) is 3.73. The summed E-state index contributed by atoms with van der Waals surface area (Å²) in [5.74, 6) is 0.770. The number of hydrogen-bond donors (Lipinski definition) is 0. The summed E-state index contributed by atoms with van der Waals surface area (Å²) in [7, 11) is 3.32. The summed E-state index contributed by atoms with van der Waals surface area (Å²) in [6.07, 6.45) is 4.82. The van der Waals surface area contributed by atoms with Gasteiger partial charge < -0.3 is 9.47 Å². The van der Waals surface area contributed by atoms with Gasteiger partial charge >= 0.3 is 0 Å². The molecule has 1 rings (SSSR count). The lowest BCUT2D eigenvalue weighted by atomic mass is 10.3. The molecule has 0 fully saturated rings. The van der Waals surface area contributed by atoms with Gasteiger partial charge in [-0.25, -0.2) is 4.98 Å². The van der Waals surface area contributed by atoms with Gasteiger partial charge in [0, 0.05) is 13.7 Å². The number of halogens is 1. The van der Waals surface area contributed by atoms with E-state index in [4.69, 9.17) is 9.47 Å². The van der Waals surface area contributed by atoms with E-state index < -0.39 is 0 Å². The molecule has 0 aliphatic carbocycles. The average molecular weight is 272 g/mol. The molecule has 0 saturated carbocycles. The van der Waals surface area contributed by atoms with E-state index >= 15 is 0 Å². The molecule has 0 N–H and O–H groups in total. The minimum absolute atomic E-state index is 0.715. The van der Waals surface area contributed by atoms with Gasteiger partial charge in [-0.1, -0.05) is 6.08 Å². The number of hydrogen-bond acceptors (Lipinski definition) is 3. The Hall–Kier alpha value is -0.870. The van der Waals surface area contributed by atoms with Crippen LogP contribution >= 0.6 is 15.9 Å². The molecule has 3 nitrogen and oxygen atoms in total. The highest BCUT2D eigenvalue weighted by Gasteiger charge is 2.00. The minimum atomic E-state index is 0.715. The van der Waals surface area contributed by atoms with Gasteiger partial charge in [-0.05, 0) is 40.6 Å². The van der Waals surface area contributed by atoms with Gasteiger partial charge in [-0.3, -0.25) is 0 Å². The highest BCUT2D eigenvalue weighted by molar-refractivity contribution is 9.10. The first kappa shape index (κ1) is 12.2. The maximum atomic E-state index is 5.19. The monoisotopic (exact) mass is 271 g/mol. The van der Waals surface area contributed by atoms with Gasteiger partial charge in [0.15, 0.2) is 0 Å². The standard InChI is InChI=1S/C11H14BrNO2/c1-14-8-4-3-5-9-10(15-2)6-7-11(12)13-9/h3,5-7H,4,8H2,1-2H3/b5-3+. The summed E-state index contributed by atoms with van der Waals surface area (Å²) < 4.78 is 10.9. The Bertz CT molecular complexity index is 339. The fourth-order valence-electron chi connectivity index (χ4n) is 1.11. The van der Waals surface area contributed by atoms with Crippen molar-refractivity contribution in [1.29, 1.82) is 0 Å². The van der Waals surface area contributed by atoms with Crippen LogP contribution in [0.15, 0.2) is 22.8 Å². The van der Waals surface area contributed by atoms with Crippen LogP contribution in [-0.2, 0) is 4.74 Å². The second-order valence-corrected chi connectivity index (χ2v) is 3.72. The molecule has 0 aliphatic heterocycles. The Morgan fingerprint density at radius 2 is 2.20 bits per heavy atom. The van der Waals surface area contributed by atoms with E-state index in [1.165, 1.54) is 0 Å². The normalized spacial score (nSPS) is 10.9. The van der Waals surface area contributed by atoms with E-state index in [0.29, 0.717) is 6.61 Å². The van der Waals surface area contributed by atoms with Crippen LogP contribution in [-0.4, -0.2) is 25.8 Å². The molecular weight excluding hydrogens is 258 g/mol. The predicted molar refractivity (Wildman–Crippen MR) is 64.0 cm³/mol.